The van der Waals surface area contributed by atoms with E-state index < -0.39 is 17.4 Å². The molecule has 0 aliphatic carbocycles. The van der Waals surface area contributed by atoms with Crippen molar-refractivity contribution in [3.05, 3.63) is 41.5 Å². The topological polar surface area (TPSA) is 38.7 Å². The van der Waals surface area contributed by atoms with Crippen LogP contribution >= 0.6 is 0 Å². The van der Waals surface area contributed by atoms with Gasteiger partial charge in [0, 0.05) is 11.1 Å². The van der Waals surface area contributed by atoms with E-state index in [1.807, 2.05) is 6.92 Å². The minimum Gasteiger partial charge on any atom is -0.505 e. The van der Waals surface area contributed by atoms with Crippen molar-refractivity contribution in [2.75, 3.05) is 6.61 Å². The molecule has 0 atom stereocenters. The predicted octanol–water partition coefficient (Wildman–Crippen LogP) is 4.41. The molecule has 2 aromatic rings. The standard InChI is InChI=1S/C17H16F2O3/c1-2-3-8-21-14-7-5-11-10-4-6-13(20)15(18)12(10)9-22-17(11)16(14)19/h4-7,20H,2-3,8-9H2,1H3. The zero-order valence-electron chi connectivity index (χ0n) is 12.2. The van der Waals surface area contributed by atoms with E-state index in [-0.39, 0.29) is 23.7 Å². The quantitative estimate of drug-likeness (QED) is 0.850. The Morgan fingerprint density at radius 3 is 2.68 bits per heavy atom. The Hall–Kier alpha value is -2.30. The van der Waals surface area contributed by atoms with Gasteiger partial charge in [0.25, 0.3) is 0 Å². The average Bonchev–Trinajstić information content (AvgIpc) is 2.53. The molecule has 0 aromatic heterocycles. The van der Waals surface area contributed by atoms with Crippen molar-refractivity contribution >= 4 is 0 Å². The minimum absolute atomic E-state index is 0.0617. The summed E-state index contributed by atoms with van der Waals surface area (Å²) in [5.74, 6) is -1.55. The van der Waals surface area contributed by atoms with Crippen molar-refractivity contribution < 1.29 is 23.4 Å². The fourth-order valence-corrected chi connectivity index (χ4v) is 2.48. The van der Waals surface area contributed by atoms with Crippen LogP contribution in [0.1, 0.15) is 25.3 Å². The lowest BCUT2D eigenvalue weighted by atomic mass is 9.96. The van der Waals surface area contributed by atoms with Crippen LogP contribution in [0.3, 0.4) is 0 Å². The first-order valence-corrected chi connectivity index (χ1v) is 7.22. The molecule has 5 heteroatoms. The molecule has 1 N–H and O–H groups in total. The summed E-state index contributed by atoms with van der Waals surface area (Å²) < 4.78 is 39.1. The third-order valence-corrected chi connectivity index (χ3v) is 3.69. The van der Waals surface area contributed by atoms with Gasteiger partial charge in [0.05, 0.1) is 6.61 Å². The second-order valence-corrected chi connectivity index (χ2v) is 5.17. The highest BCUT2D eigenvalue weighted by Crippen LogP contribution is 2.44. The van der Waals surface area contributed by atoms with E-state index in [1.165, 1.54) is 12.1 Å². The molecule has 1 aliphatic heterocycles. The zero-order valence-corrected chi connectivity index (χ0v) is 12.2. The lowest BCUT2D eigenvalue weighted by Gasteiger charge is -2.23. The largest absolute Gasteiger partial charge is 0.505 e. The summed E-state index contributed by atoms with van der Waals surface area (Å²) in [5, 5.41) is 9.42. The summed E-state index contributed by atoms with van der Waals surface area (Å²) >= 11 is 0. The first-order valence-electron chi connectivity index (χ1n) is 7.22. The Kier molecular flexibility index (Phi) is 3.88. The fraction of sp³-hybridized carbons (Fsp3) is 0.294. The number of halogens is 2. The van der Waals surface area contributed by atoms with Gasteiger partial charge in [-0.1, -0.05) is 13.3 Å². The molecule has 22 heavy (non-hydrogen) atoms. The number of benzene rings is 2. The molecule has 0 fully saturated rings. The van der Waals surface area contributed by atoms with Gasteiger partial charge in [-0.05, 0) is 36.2 Å². The summed E-state index contributed by atoms with van der Waals surface area (Å²) in [7, 11) is 0. The molecular formula is C17H16F2O3. The number of ether oxygens (including phenoxy) is 2. The second-order valence-electron chi connectivity index (χ2n) is 5.17. The number of phenols is 1. The molecule has 0 unspecified atom stereocenters. The highest BCUT2D eigenvalue weighted by molar-refractivity contribution is 5.77. The number of fused-ring (bicyclic) bond motifs is 3. The van der Waals surface area contributed by atoms with E-state index in [2.05, 4.69) is 0 Å². The van der Waals surface area contributed by atoms with Gasteiger partial charge in [0.2, 0.25) is 5.82 Å². The number of aromatic hydroxyl groups is 1. The summed E-state index contributed by atoms with van der Waals surface area (Å²) in [6, 6.07) is 5.99. The Morgan fingerprint density at radius 2 is 1.91 bits per heavy atom. The van der Waals surface area contributed by atoms with Crippen LogP contribution in [-0.2, 0) is 6.61 Å². The molecule has 3 rings (SSSR count). The van der Waals surface area contributed by atoms with Gasteiger partial charge >= 0.3 is 0 Å². The van der Waals surface area contributed by atoms with Crippen LogP contribution in [-0.4, -0.2) is 11.7 Å². The molecule has 116 valence electrons. The van der Waals surface area contributed by atoms with Crippen molar-refractivity contribution in [3.8, 4) is 28.4 Å². The minimum atomic E-state index is -0.730. The van der Waals surface area contributed by atoms with Crippen molar-refractivity contribution in [1.29, 1.82) is 0 Å². The molecule has 2 aromatic carbocycles. The summed E-state index contributed by atoms with van der Waals surface area (Å²) in [6.45, 7) is 2.33. The highest BCUT2D eigenvalue weighted by atomic mass is 19.1. The smallest absolute Gasteiger partial charge is 0.207 e. The van der Waals surface area contributed by atoms with Gasteiger partial charge < -0.3 is 14.6 Å². The maximum Gasteiger partial charge on any atom is 0.207 e. The molecule has 1 heterocycles. The SMILES string of the molecule is CCCCOc1ccc2c(c1F)OCc1c-2ccc(O)c1F. The van der Waals surface area contributed by atoms with Gasteiger partial charge in [0.1, 0.15) is 6.61 Å². The van der Waals surface area contributed by atoms with E-state index in [1.54, 1.807) is 12.1 Å². The lowest BCUT2D eigenvalue weighted by molar-refractivity contribution is 0.259. The maximum absolute atomic E-state index is 14.5. The van der Waals surface area contributed by atoms with Gasteiger partial charge in [-0.2, -0.15) is 4.39 Å². The van der Waals surface area contributed by atoms with Crippen molar-refractivity contribution in [3.63, 3.8) is 0 Å². The predicted molar refractivity (Wildman–Crippen MR) is 78.2 cm³/mol. The molecular weight excluding hydrogens is 290 g/mol. The molecule has 0 amide bonds. The summed E-state index contributed by atoms with van der Waals surface area (Å²) in [6.07, 6.45) is 1.80. The van der Waals surface area contributed by atoms with E-state index in [0.717, 1.165) is 12.8 Å². The first kappa shape index (κ1) is 14.6. The van der Waals surface area contributed by atoms with E-state index in [4.69, 9.17) is 9.47 Å². The number of unbranched alkanes of at least 4 members (excludes halogenated alkanes) is 1. The second kappa shape index (κ2) is 5.83. The van der Waals surface area contributed by atoms with Crippen molar-refractivity contribution in [1.82, 2.24) is 0 Å². The average molecular weight is 306 g/mol. The fourth-order valence-electron chi connectivity index (χ4n) is 2.48. The Bertz CT molecular complexity index is 714. The Balaban J connectivity index is 2.01. The molecule has 0 spiro atoms. The Labute approximate surface area is 127 Å². The number of hydrogen-bond donors (Lipinski definition) is 1. The van der Waals surface area contributed by atoms with Crippen LogP contribution in [0.5, 0.6) is 17.2 Å². The van der Waals surface area contributed by atoms with Gasteiger partial charge in [-0.25, -0.2) is 4.39 Å². The van der Waals surface area contributed by atoms with Gasteiger partial charge in [-0.3, -0.25) is 0 Å². The van der Waals surface area contributed by atoms with Crippen LogP contribution in [0, 0.1) is 11.6 Å². The number of hydrogen-bond acceptors (Lipinski definition) is 3. The highest BCUT2D eigenvalue weighted by Gasteiger charge is 2.26. The molecule has 0 radical (unpaired) electrons. The van der Waals surface area contributed by atoms with Gasteiger partial charge in [0.15, 0.2) is 23.1 Å². The van der Waals surface area contributed by atoms with E-state index >= 15 is 0 Å². The zero-order chi connectivity index (χ0) is 15.7. The number of phenolic OH excluding ortho intramolecular Hbond substituents is 1. The first-order chi connectivity index (χ1) is 10.6. The monoisotopic (exact) mass is 306 g/mol. The van der Waals surface area contributed by atoms with E-state index in [9.17, 15) is 13.9 Å². The molecule has 0 bridgehead atoms. The van der Waals surface area contributed by atoms with Gasteiger partial charge in [-0.15, -0.1) is 0 Å². The van der Waals surface area contributed by atoms with Crippen LogP contribution in [0.15, 0.2) is 24.3 Å². The van der Waals surface area contributed by atoms with Crippen LogP contribution in [0.2, 0.25) is 0 Å². The summed E-state index contributed by atoms with van der Waals surface area (Å²) in [4.78, 5) is 0. The number of rotatable bonds is 4. The third kappa shape index (κ3) is 2.36. The third-order valence-electron chi connectivity index (χ3n) is 3.69. The van der Waals surface area contributed by atoms with Crippen LogP contribution in [0.4, 0.5) is 8.78 Å². The molecule has 3 nitrogen and oxygen atoms in total. The van der Waals surface area contributed by atoms with Crippen molar-refractivity contribution in [2.45, 2.75) is 26.4 Å². The lowest BCUT2D eigenvalue weighted by Crippen LogP contribution is -2.10. The Morgan fingerprint density at radius 1 is 1.14 bits per heavy atom. The molecule has 1 aliphatic rings. The van der Waals surface area contributed by atoms with Crippen molar-refractivity contribution in [2.24, 2.45) is 0 Å². The molecule has 0 saturated heterocycles. The summed E-state index contributed by atoms with van der Waals surface area (Å²) in [5.41, 5.74) is 1.21. The normalized spacial score (nSPS) is 12.3. The maximum atomic E-state index is 14.5. The molecule has 0 saturated carbocycles. The van der Waals surface area contributed by atoms with E-state index in [0.29, 0.717) is 17.7 Å². The van der Waals surface area contributed by atoms with Crippen LogP contribution < -0.4 is 9.47 Å². The van der Waals surface area contributed by atoms with Crippen LogP contribution in [0.25, 0.3) is 11.1 Å².